The number of halogens is 1. The number of aromatic nitrogens is 2. The summed E-state index contributed by atoms with van der Waals surface area (Å²) >= 11 is 0. The first-order valence-corrected chi connectivity index (χ1v) is 15.1. The summed E-state index contributed by atoms with van der Waals surface area (Å²) in [6, 6.07) is 15.2. The Balaban J connectivity index is 1.34. The van der Waals surface area contributed by atoms with Crippen LogP contribution in [0.25, 0.3) is 10.8 Å². The van der Waals surface area contributed by atoms with Crippen LogP contribution in [0, 0.1) is 18.3 Å². The predicted octanol–water partition coefficient (Wildman–Crippen LogP) is 4.39. The lowest BCUT2D eigenvalue weighted by Gasteiger charge is -2.42. The van der Waals surface area contributed by atoms with Gasteiger partial charge in [-0.15, -0.1) is 0 Å². The largest absolute Gasteiger partial charge is 0.462 e. The molecule has 2 atom stereocenters. The molecular formula is C33H38FN7O2. The lowest BCUT2D eigenvalue weighted by molar-refractivity contribution is -0.131. The molecule has 0 aliphatic carbocycles. The average Bonchev–Trinajstić information content (AvgIpc) is 3.43. The van der Waals surface area contributed by atoms with Crippen molar-refractivity contribution in [2.75, 3.05) is 56.2 Å². The zero-order valence-electron chi connectivity index (χ0n) is 24.9. The molecule has 2 aromatic carbocycles. The van der Waals surface area contributed by atoms with Crippen LogP contribution in [0.2, 0.25) is 0 Å². The highest BCUT2D eigenvalue weighted by Gasteiger charge is 2.35. The number of rotatable bonds is 7. The number of hydrogen-bond acceptors (Lipinski definition) is 8. The molecule has 0 unspecified atom stereocenters. The third-order valence-electron chi connectivity index (χ3n) is 9.13. The van der Waals surface area contributed by atoms with E-state index in [9.17, 15) is 14.4 Å². The molecule has 4 heterocycles. The number of nitrogens with zero attached hydrogens (tertiary/aromatic N) is 7. The second-order valence-corrected chi connectivity index (χ2v) is 11.8. The van der Waals surface area contributed by atoms with Gasteiger partial charge in [0.25, 0.3) is 5.91 Å². The summed E-state index contributed by atoms with van der Waals surface area (Å²) in [6.45, 7) is 9.41. The molecule has 0 radical (unpaired) electrons. The number of piperazine rings is 1. The second-order valence-electron chi connectivity index (χ2n) is 11.8. The second kappa shape index (κ2) is 12.2. The van der Waals surface area contributed by atoms with Crippen LogP contribution >= 0.6 is 0 Å². The Labute approximate surface area is 252 Å². The molecular weight excluding hydrogens is 545 g/mol. The summed E-state index contributed by atoms with van der Waals surface area (Å²) in [7, 11) is 2.12. The van der Waals surface area contributed by atoms with E-state index in [-0.39, 0.29) is 13.0 Å². The number of likely N-dealkylation sites (tertiary alicyclic amines) is 1. The molecule has 9 nitrogen and oxygen atoms in total. The topological polar surface area (TPSA) is 88.8 Å². The van der Waals surface area contributed by atoms with E-state index in [1.54, 1.807) is 0 Å². The molecule has 1 aromatic heterocycles. The average molecular weight is 584 g/mol. The Morgan fingerprint density at radius 1 is 1.12 bits per heavy atom. The smallest absolute Gasteiger partial charge is 0.318 e. The quantitative estimate of drug-likeness (QED) is 0.379. The van der Waals surface area contributed by atoms with Gasteiger partial charge in [0.1, 0.15) is 12.4 Å². The van der Waals surface area contributed by atoms with Crippen LogP contribution in [-0.4, -0.2) is 84.1 Å². The van der Waals surface area contributed by atoms with Crippen molar-refractivity contribution < 1.29 is 13.9 Å². The Morgan fingerprint density at radius 2 is 1.93 bits per heavy atom. The minimum absolute atomic E-state index is 0.0916. The maximum absolute atomic E-state index is 13.8. The molecule has 10 heteroatoms. The first-order valence-electron chi connectivity index (χ1n) is 15.1. The molecule has 3 aliphatic rings. The Morgan fingerprint density at radius 3 is 2.67 bits per heavy atom. The highest BCUT2D eigenvalue weighted by atomic mass is 19.1. The normalized spacial score (nSPS) is 20.7. The van der Waals surface area contributed by atoms with Gasteiger partial charge < -0.3 is 24.3 Å². The van der Waals surface area contributed by atoms with Gasteiger partial charge in [0.2, 0.25) is 0 Å². The van der Waals surface area contributed by atoms with Crippen molar-refractivity contribution in [1.82, 2.24) is 19.8 Å². The van der Waals surface area contributed by atoms with Crippen LogP contribution in [0.15, 0.2) is 48.8 Å². The van der Waals surface area contributed by atoms with E-state index in [4.69, 9.17) is 14.7 Å². The summed E-state index contributed by atoms with van der Waals surface area (Å²) in [6.07, 6.45) is 3.05. The van der Waals surface area contributed by atoms with Gasteiger partial charge >= 0.3 is 6.01 Å². The van der Waals surface area contributed by atoms with Gasteiger partial charge in [0.05, 0.1) is 30.8 Å². The van der Waals surface area contributed by atoms with Crippen LogP contribution in [0.1, 0.15) is 36.1 Å². The van der Waals surface area contributed by atoms with E-state index in [0.717, 1.165) is 49.4 Å². The van der Waals surface area contributed by atoms with Crippen molar-refractivity contribution in [2.24, 2.45) is 0 Å². The molecule has 3 aliphatic heterocycles. The van der Waals surface area contributed by atoms with Crippen LogP contribution in [-0.2, 0) is 17.8 Å². The molecule has 1 amide bonds. The molecule has 2 fully saturated rings. The van der Waals surface area contributed by atoms with Crippen molar-refractivity contribution >= 4 is 28.2 Å². The summed E-state index contributed by atoms with van der Waals surface area (Å²) in [4.78, 5) is 30.6. The summed E-state index contributed by atoms with van der Waals surface area (Å²) in [5.41, 5.74) is 4.40. The molecule has 2 saturated heterocycles. The zero-order chi connectivity index (χ0) is 30.1. The number of fused-ring (bicyclic) bond motifs is 2. The van der Waals surface area contributed by atoms with Gasteiger partial charge in [-0.1, -0.05) is 36.9 Å². The van der Waals surface area contributed by atoms with Crippen LogP contribution < -0.4 is 14.5 Å². The number of aryl methyl sites for hydroxylation is 1. The molecule has 43 heavy (non-hydrogen) atoms. The van der Waals surface area contributed by atoms with E-state index in [2.05, 4.69) is 77.7 Å². The monoisotopic (exact) mass is 583 g/mol. The molecule has 0 saturated carbocycles. The third-order valence-corrected chi connectivity index (χ3v) is 9.13. The standard InChI is InChI=1S/C33H38FN7O2/c1-22-7-4-8-24-9-5-11-29(30(22)24)39-16-13-27-28(20-39)36-33(43-21-26-10-6-15-38(26)3)37-31(27)40-17-18-41(32(42)23(2)34)25(19-40)12-14-35/h4-5,7-9,11,25-26H,2,6,10,12-13,15-21H2,1,3H3/t25-,26+/m0/s1. The summed E-state index contributed by atoms with van der Waals surface area (Å²) in [5, 5.41) is 12.0. The van der Waals surface area contributed by atoms with Gasteiger partial charge in [0.15, 0.2) is 5.83 Å². The fourth-order valence-corrected chi connectivity index (χ4v) is 6.80. The molecule has 224 valence electrons. The summed E-state index contributed by atoms with van der Waals surface area (Å²) < 4.78 is 20.1. The third kappa shape index (κ3) is 5.74. The minimum atomic E-state index is -1.01. The van der Waals surface area contributed by atoms with E-state index in [1.165, 1.54) is 26.9 Å². The lowest BCUT2D eigenvalue weighted by atomic mass is 9.99. The van der Waals surface area contributed by atoms with Gasteiger partial charge in [-0.25, -0.2) is 4.39 Å². The maximum atomic E-state index is 13.8. The predicted molar refractivity (Wildman–Crippen MR) is 165 cm³/mol. The van der Waals surface area contributed by atoms with Crippen LogP contribution in [0.5, 0.6) is 6.01 Å². The lowest BCUT2D eigenvalue weighted by Crippen LogP contribution is -2.55. The number of carbonyl (C=O) groups is 1. The Hall–Kier alpha value is -4.23. The van der Waals surface area contributed by atoms with E-state index < -0.39 is 17.8 Å². The van der Waals surface area contributed by atoms with E-state index >= 15 is 0 Å². The van der Waals surface area contributed by atoms with Crippen molar-refractivity contribution in [2.45, 2.75) is 51.2 Å². The fraction of sp³-hybridized carbons (Fsp3) is 0.455. The number of anilines is 2. The number of hydrogen-bond donors (Lipinski definition) is 0. The number of nitriles is 1. The van der Waals surface area contributed by atoms with Crippen LogP contribution in [0.4, 0.5) is 15.9 Å². The zero-order valence-corrected chi connectivity index (χ0v) is 24.9. The number of likely N-dealkylation sites (N-methyl/N-ethyl adjacent to an activating group) is 1. The van der Waals surface area contributed by atoms with Crippen LogP contribution in [0.3, 0.4) is 0 Å². The SMILES string of the molecule is C=C(F)C(=O)N1CCN(c2nc(OC[C@H]3CCCN3C)nc3c2CCN(c2cccc4cccc(C)c24)C3)C[C@@H]1CC#N. The first kappa shape index (κ1) is 28.9. The van der Waals surface area contributed by atoms with Crippen molar-refractivity contribution in [1.29, 1.82) is 5.26 Å². The van der Waals surface area contributed by atoms with Crippen molar-refractivity contribution in [3.05, 3.63) is 65.6 Å². The summed E-state index contributed by atoms with van der Waals surface area (Å²) in [5.74, 6) is -0.981. The van der Waals surface area contributed by atoms with E-state index in [1.807, 2.05) is 0 Å². The maximum Gasteiger partial charge on any atom is 0.318 e. The molecule has 0 bridgehead atoms. The van der Waals surface area contributed by atoms with E-state index in [0.29, 0.717) is 38.3 Å². The highest BCUT2D eigenvalue weighted by molar-refractivity contribution is 5.97. The number of ether oxygens (including phenoxy) is 1. The Bertz CT molecular complexity index is 1580. The Kier molecular flexibility index (Phi) is 8.17. The van der Waals surface area contributed by atoms with Gasteiger partial charge in [0, 0.05) is 48.9 Å². The van der Waals surface area contributed by atoms with Gasteiger partial charge in [-0.2, -0.15) is 15.2 Å². The minimum Gasteiger partial charge on any atom is -0.462 e. The van der Waals surface area contributed by atoms with Crippen molar-refractivity contribution in [3.63, 3.8) is 0 Å². The van der Waals surface area contributed by atoms with Crippen molar-refractivity contribution in [3.8, 4) is 12.1 Å². The molecule has 0 spiro atoms. The highest BCUT2D eigenvalue weighted by Crippen LogP contribution is 2.36. The number of benzene rings is 2. The fourth-order valence-electron chi connectivity index (χ4n) is 6.80. The first-order chi connectivity index (χ1) is 20.8. The number of amides is 1. The molecule has 6 rings (SSSR count). The molecule has 3 aromatic rings. The van der Waals surface area contributed by atoms with Gasteiger partial charge in [-0.3, -0.25) is 4.79 Å². The molecule has 0 N–H and O–H groups in total. The van der Waals surface area contributed by atoms with Gasteiger partial charge in [-0.05, 0) is 56.8 Å². The number of carbonyl (C=O) groups excluding carboxylic acids is 1.